The van der Waals surface area contributed by atoms with Gasteiger partial charge >= 0.3 is 0 Å². The summed E-state index contributed by atoms with van der Waals surface area (Å²) >= 11 is 0. The number of hydrogen-bond acceptors (Lipinski definition) is 3. The molecule has 19 heavy (non-hydrogen) atoms. The Hall–Kier alpha value is -1.04. The molecule has 1 fully saturated rings. The fourth-order valence-electron chi connectivity index (χ4n) is 2.40. The maximum absolute atomic E-state index is 13.2. The molecule has 0 saturated carbocycles. The first-order chi connectivity index (χ1) is 9.11. The van der Waals surface area contributed by atoms with Crippen LogP contribution in [0.2, 0.25) is 0 Å². The number of ether oxygens (including phenoxy) is 1. The fraction of sp³-hybridized carbons (Fsp3) is 0.571. The van der Waals surface area contributed by atoms with Crippen molar-refractivity contribution in [2.45, 2.75) is 25.5 Å². The Labute approximate surface area is 112 Å². The van der Waals surface area contributed by atoms with Gasteiger partial charge in [0.1, 0.15) is 0 Å². The molecule has 5 heteroatoms. The molecule has 0 radical (unpaired) electrons. The lowest BCUT2D eigenvalue weighted by molar-refractivity contribution is -0.0408. The van der Waals surface area contributed by atoms with E-state index in [1.807, 2.05) is 0 Å². The van der Waals surface area contributed by atoms with Gasteiger partial charge < -0.3 is 10.5 Å². The molecule has 2 rings (SSSR count). The second kappa shape index (κ2) is 6.41. The molecular weight excluding hydrogens is 250 g/mol. The SMILES string of the molecule is CCCN1CCOC(C(N)c2ccc(F)c(F)c2)C1. The van der Waals surface area contributed by atoms with Crippen molar-refractivity contribution < 1.29 is 13.5 Å². The molecule has 2 atom stereocenters. The van der Waals surface area contributed by atoms with Crippen LogP contribution in [0.4, 0.5) is 8.78 Å². The minimum absolute atomic E-state index is 0.176. The summed E-state index contributed by atoms with van der Waals surface area (Å²) < 4.78 is 31.8. The number of rotatable bonds is 4. The summed E-state index contributed by atoms with van der Waals surface area (Å²) in [5.74, 6) is -1.72. The summed E-state index contributed by atoms with van der Waals surface area (Å²) in [5.41, 5.74) is 6.68. The molecule has 0 amide bonds. The molecule has 1 aliphatic rings. The van der Waals surface area contributed by atoms with Crippen LogP contribution in [0.25, 0.3) is 0 Å². The lowest BCUT2D eigenvalue weighted by Crippen LogP contribution is -2.47. The third-order valence-electron chi connectivity index (χ3n) is 3.45. The summed E-state index contributed by atoms with van der Waals surface area (Å²) in [4.78, 5) is 2.29. The monoisotopic (exact) mass is 270 g/mol. The summed E-state index contributed by atoms with van der Waals surface area (Å²) in [6.07, 6.45) is 0.901. The molecule has 3 nitrogen and oxygen atoms in total. The predicted molar refractivity (Wildman–Crippen MR) is 69.8 cm³/mol. The number of hydrogen-bond donors (Lipinski definition) is 1. The minimum Gasteiger partial charge on any atom is -0.374 e. The Kier molecular flexibility index (Phi) is 4.85. The average Bonchev–Trinajstić information content (AvgIpc) is 2.42. The Balaban J connectivity index is 2.05. The Morgan fingerprint density at radius 2 is 2.21 bits per heavy atom. The van der Waals surface area contributed by atoms with Crippen molar-refractivity contribution in [2.24, 2.45) is 5.73 Å². The lowest BCUT2D eigenvalue weighted by Gasteiger charge is -2.35. The minimum atomic E-state index is -0.867. The highest BCUT2D eigenvalue weighted by atomic mass is 19.2. The number of benzene rings is 1. The van der Waals surface area contributed by atoms with E-state index in [0.717, 1.165) is 38.2 Å². The van der Waals surface area contributed by atoms with Crippen LogP contribution in [0.1, 0.15) is 24.9 Å². The van der Waals surface area contributed by atoms with E-state index in [1.165, 1.54) is 6.07 Å². The van der Waals surface area contributed by atoms with Crippen molar-refractivity contribution in [3.8, 4) is 0 Å². The van der Waals surface area contributed by atoms with Crippen LogP contribution in [-0.2, 0) is 4.74 Å². The highest BCUT2D eigenvalue weighted by Crippen LogP contribution is 2.22. The van der Waals surface area contributed by atoms with Crippen molar-refractivity contribution in [1.29, 1.82) is 0 Å². The van der Waals surface area contributed by atoms with Crippen molar-refractivity contribution in [2.75, 3.05) is 26.2 Å². The third-order valence-corrected chi connectivity index (χ3v) is 3.45. The molecule has 0 spiro atoms. The first-order valence-corrected chi connectivity index (χ1v) is 6.66. The highest BCUT2D eigenvalue weighted by molar-refractivity contribution is 5.22. The molecule has 1 heterocycles. The van der Waals surface area contributed by atoms with Crippen LogP contribution in [0.5, 0.6) is 0 Å². The van der Waals surface area contributed by atoms with Crippen LogP contribution in [0, 0.1) is 11.6 Å². The van der Waals surface area contributed by atoms with Gasteiger partial charge in [-0.25, -0.2) is 8.78 Å². The van der Waals surface area contributed by atoms with Gasteiger partial charge in [-0.05, 0) is 30.7 Å². The molecule has 1 aromatic carbocycles. The van der Waals surface area contributed by atoms with Crippen molar-refractivity contribution >= 4 is 0 Å². The normalized spacial score (nSPS) is 22.4. The first kappa shape index (κ1) is 14.4. The van der Waals surface area contributed by atoms with E-state index in [9.17, 15) is 8.78 Å². The standard InChI is InChI=1S/C14H20F2N2O/c1-2-5-18-6-7-19-13(9-18)14(17)10-3-4-11(15)12(16)8-10/h3-4,8,13-14H,2,5-7,9,17H2,1H3. The zero-order chi connectivity index (χ0) is 13.8. The largest absolute Gasteiger partial charge is 0.374 e. The van der Waals surface area contributed by atoms with Gasteiger partial charge in [-0.3, -0.25) is 4.90 Å². The number of nitrogens with zero attached hydrogens (tertiary/aromatic N) is 1. The number of nitrogens with two attached hydrogens (primary N) is 1. The maximum Gasteiger partial charge on any atom is 0.159 e. The molecule has 0 bridgehead atoms. The van der Waals surface area contributed by atoms with Gasteiger partial charge in [0.15, 0.2) is 11.6 Å². The van der Waals surface area contributed by atoms with Gasteiger partial charge in [0.05, 0.1) is 18.8 Å². The van der Waals surface area contributed by atoms with E-state index in [-0.39, 0.29) is 6.10 Å². The summed E-state index contributed by atoms with van der Waals surface area (Å²) in [6.45, 7) is 5.38. The Morgan fingerprint density at radius 3 is 2.89 bits per heavy atom. The van der Waals surface area contributed by atoms with E-state index in [2.05, 4.69) is 11.8 Å². The topological polar surface area (TPSA) is 38.5 Å². The lowest BCUT2D eigenvalue weighted by atomic mass is 10.0. The zero-order valence-electron chi connectivity index (χ0n) is 11.1. The van der Waals surface area contributed by atoms with Gasteiger partial charge in [-0.2, -0.15) is 0 Å². The second-order valence-electron chi connectivity index (χ2n) is 4.91. The quantitative estimate of drug-likeness (QED) is 0.910. The Bertz CT molecular complexity index is 426. The molecule has 2 unspecified atom stereocenters. The van der Waals surface area contributed by atoms with Crippen molar-refractivity contribution in [3.05, 3.63) is 35.4 Å². The molecule has 106 valence electrons. The molecule has 1 aliphatic heterocycles. The zero-order valence-corrected chi connectivity index (χ0v) is 11.1. The van der Waals surface area contributed by atoms with Crippen molar-refractivity contribution in [1.82, 2.24) is 4.90 Å². The van der Waals surface area contributed by atoms with Gasteiger partial charge in [-0.15, -0.1) is 0 Å². The summed E-state index contributed by atoms with van der Waals surface area (Å²) in [5, 5.41) is 0. The first-order valence-electron chi connectivity index (χ1n) is 6.66. The van der Waals surface area contributed by atoms with E-state index in [1.54, 1.807) is 0 Å². The van der Waals surface area contributed by atoms with Crippen LogP contribution in [-0.4, -0.2) is 37.2 Å². The smallest absolute Gasteiger partial charge is 0.159 e. The van der Waals surface area contributed by atoms with Gasteiger partial charge in [0.25, 0.3) is 0 Å². The summed E-state index contributed by atoms with van der Waals surface area (Å²) in [6, 6.07) is 3.35. The number of morpholine rings is 1. The van der Waals surface area contributed by atoms with E-state index in [0.29, 0.717) is 12.2 Å². The van der Waals surface area contributed by atoms with Crippen LogP contribution >= 0.6 is 0 Å². The number of halogens is 2. The third kappa shape index (κ3) is 3.49. The van der Waals surface area contributed by atoms with E-state index >= 15 is 0 Å². The predicted octanol–water partition coefficient (Wildman–Crippen LogP) is 2.08. The maximum atomic E-state index is 13.2. The fourth-order valence-corrected chi connectivity index (χ4v) is 2.40. The van der Waals surface area contributed by atoms with E-state index < -0.39 is 17.7 Å². The van der Waals surface area contributed by atoms with Gasteiger partial charge in [0, 0.05) is 13.1 Å². The Morgan fingerprint density at radius 1 is 1.42 bits per heavy atom. The average molecular weight is 270 g/mol. The van der Waals surface area contributed by atoms with Gasteiger partial charge in [0.2, 0.25) is 0 Å². The molecule has 1 saturated heterocycles. The van der Waals surface area contributed by atoms with Gasteiger partial charge in [-0.1, -0.05) is 13.0 Å². The van der Waals surface area contributed by atoms with Crippen LogP contribution < -0.4 is 5.73 Å². The summed E-state index contributed by atoms with van der Waals surface area (Å²) in [7, 11) is 0. The molecule has 0 aliphatic carbocycles. The van der Waals surface area contributed by atoms with Crippen LogP contribution in [0.15, 0.2) is 18.2 Å². The molecule has 0 aromatic heterocycles. The molecular formula is C14H20F2N2O. The van der Waals surface area contributed by atoms with E-state index in [4.69, 9.17) is 10.5 Å². The highest BCUT2D eigenvalue weighted by Gasteiger charge is 2.26. The second-order valence-corrected chi connectivity index (χ2v) is 4.91. The molecule has 2 N–H and O–H groups in total. The van der Waals surface area contributed by atoms with Crippen LogP contribution in [0.3, 0.4) is 0 Å². The van der Waals surface area contributed by atoms with Crippen molar-refractivity contribution in [3.63, 3.8) is 0 Å². The molecule has 1 aromatic rings.